The van der Waals surface area contributed by atoms with Crippen molar-refractivity contribution in [3.63, 3.8) is 0 Å². The Kier molecular flexibility index (Phi) is 5.21. The van der Waals surface area contributed by atoms with Crippen molar-refractivity contribution in [1.29, 1.82) is 0 Å². The molecule has 110 valence electrons. The van der Waals surface area contributed by atoms with Gasteiger partial charge in [-0.05, 0) is 42.8 Å². The first-order chi connectivity index (χ1) is 10.2. The number of para-hydroxylation sites is 2. The molecule has 2 rings (SSSR count). The molecule has 2 aromatic rings. The van der Waals surface area contributed by atoms with Crippen LogP contribution < -0.4 is 15.8 Å². The maximum absolute atomic E-state index is 12.1. The minimum absolute atomic E-state index is 0.187. The SMILES string of the molecule is CCCCOc1ccc(C(=O)Nc2ccccc2N)cc1. The minimum atomic E-state index is -0.187. The molecule has 2 aromatic carbocycles. The fraction of sp³-hybridized carbons (Fsp3) is 0.235. The topological polar surface area (TPSA) is 64.3 Å². The summed E-state index contributed by atoms with van der Waals surface area (Å²) < 4.78 is 5.57. The normalized spacial score (nSPS) is 10.1. The summed E-state index contributed by atoms with van der Waals surface area (Å²) >= 11 is 0. The van der Waals surface area contributed by atoms with E-state index in [1.54, 1.807) is 36.4 Å². The van der Waals surface area contributed by atoms with E-state index >= 15 is 0 Å². The first-order valence-corrected chi connectivity index (χ1v) is 7.09. The zero-order valence-corrected chi connectivity index (χ0v) is 12.1. The third-order valence-electron chi connectivity index (χ3n) is 3.09. The molecule has 0 heterocycles. The maximum Gasteiger partial charge on any atom is 0.255 e. The molecule has 0 unspecified atom stereocenters. The zero-order valence-electron chi connectivity index (χ0n) is 12.1. The summed E-state index contributed by atoms with van der Waals surface area (Å²) in [4.78, 5) is 12.1. The van der Waals surface area contributed by atoms with Crippen LogP contribution in [0.3, 0.4) is 0 Å². The second kappa shape index (κ2) is 7.33. The standard InChI is InChI=1S/C17H20N2O2/c1-2-3-12-21-14-10-8-13(9-11-14)17(20)19-16-7-5-4-6-15(16)18/h4-11H,2-3,12,18H2,1H3,(H,19,20). The number of nitrogens with two attached hydrogens (primary N) is 1. The summed E-state index contributed by atoms with van der Waals surface area (Å²) in [6, 6.07) is 14.3. The molecule has 0 bridgehead atoms. The van der Waals surface area contributed by atoms with E-state index in [0.29, 0.717) is 23.5 Å². The largest absolute Gasteiger partial charge is 0.494 e. The van der Waals surface area contributed by atoms with Gasteiger partial charge in [0.25, 0.3) is 5.91 Å². The lowest BCUT2D eigenvalue weighted by molar-refractivity contribution is 0.102. The van der Waals surface area contributed by atoms with Crippen molar-refractivity contribution in [2.24, 2.45) is 0 Å². The molecule has 4 nitrogen and oxygen atoms in total. The number of anilines is 2. The van der Waals surface area contributed by atoms with Crippen LogP contribution in [0.1, 0.15) is 30.1 Å². The molecule has 0 radical (unpaired) electrons. The van der Waals surface area contributed by atoms with Gasteiger partial charge in [0.15, 0.2) is 0 Å². The second-order valence-electron chi connectivity index (χ2n) is 4.77. The lowest BCUT2D eigenvalue weighted by atomic mass is 10.2. The lowest BCUT2D eigenvalue weighted by Gasteiger charge is -2.09. The van der Waals surface area contributed by atoms with Gasteiger partial charge in [0.05, 0.1) is 18.0 Å². The van der Waals surface area contributed by atoms with E-state index in [-0.39, 0.29) is 5.91 Å². The number of unbranched alkanes of at least 4 members (excludes halogenated alkanes) is 1. The number of hydrogen-bond donors (Lipinski definition) is 2. The molecule has 0 aliphatic heterocycles. The minimum Gasteiger partial charge on any atom is -0.494 e. The maximum atomic E-state index is 12.1. The van der Waals surface area contributed by atoms with Gasteiger partial charge in [0.1, 0.15) is 5.75 Å². The van der Waals surface area contributed by atoms with Crippen LogP contribution in [0.5, 0.6) is 5.75 Å². The first-order valence-electron chi connectivity index (χ1n) is 7.09. The number of nitrogens with one attached hydrogen (secondary N) is 1. The van der Waals surface area contributed by atoms with Gasteiger partial charge in [0, 0.05) is 5.56 Å². The third kappa shape index (κ3) is 4.24. The molecule has 0 aromatic heterocycles. The van der Waals surface area contributed by atoms with Crippen molar-refractivity contribution in [2.75, 3.05) is 17.7 Å². The number of carbonyl (C=O) groups excluding carboxylic acids is 1. The first kappa shape index (κ1) is 14.9. The van der Waals surface area contributed by atoms with Crippen molar-refractivity contribution in [2.45, 2.75) is 19.8 Å². The summed E-state index contributed by atoms with van der Waals surface area (Å²) in [7, 11) is 0. The molecule has 1 amide bonds. The average Bonchev–Trinajstić information content (AvgIpc) is 2.50. The van der Waals surface area contributed by atoms with Crippen molar-refractivity contribution in [1.82, 2.24) is 0 Å². The Labute approximate surface area is 124 Å². The smallest absolute Gasteiger partial charge is 0.255 e. The number of amides is 1. The van der Waals surface area contributed by atoms with Crippen LogP contribution in [0.25, 0.3) is 0 Å². The molecular formula is C17H20N2O2. The van der Waals surface area contributed by atoms with Gasteiger partial charge in [-0.25, -0.2) is 0 Å². The summed E-state index contributed by atoms with van der Waals surface area (Å²) in [6.07, 6.45) is 2.12. The molecule has 0 fully saturated rings. The zero-order chi connectivity index (χ0) is 15.1. The van der Waals surface area contributed by atoms with E-state index in [2.05, 4.69) is 12.2 Å². The highest BCUT2D eigenvalue weighted by Crippen LogP contribution is 2.19. The molecule has 0 spiro atoms. The fourth-order valence-electron chi connectivity index (χ4n) is 1.84. The van der Waals surface area contributed by atoms with Crippen molar-refractivity contribution in [3.8, 4) is 5.75 Å². The number of nitrogen functional groups attached to an aromatic ring is 1. The van der Waals surface area contributed by atoms with Crippen LogP contribution in [-0.2, 0) is 0 Å². The Morgan fingerprint density at radius 3 is 2.52 bits per heavy atom. The van der Waals surface area contributed by atoms with E-state index in [4.69, 9.17) is 10.5 Å². The van der Waals surface area contributed by atoms with Gasteiger partial charge in [-0.2, -0.15) is 0 Å². The molecular weight excluding hydrogens is 264 g/mol. The molecule has 0 saturated carbocycles. The van der Waals surface area contributed by atoms with E-state index in [1.165, 1.54) is 0 Å². The van der Waals surface area contributed by atoms with Gasteiger partial charge in [-0.15, -0.1) is 0 Å². The van der Waals surface area contributed by atoms with Crippen LogP contribution in [0.4, 0.5) is 11.4 Å². The van der Waals surface area contributed by atoms with Gasteiger partial charge < -0.3 is 15.8 Å². The molecule has 0 aliphatic rings. The van der Waals surface area contributed by atoms with Crippen LogP contribution in [0.15, 0.2) is 48.5 Å². The highest BCUT2D eigenvalue weighted by atomic mass is 16.5. The predicted octanol–water partition coefficient (Wildman–Crippen LogP) is 3.70. The summed E-state index contributed by atoms with van der Waals surface area (Å²) in [5, 5.41) is 2.79. The van der Waals surface area contributed by atoms with E-state index in [1.807, 2.05) is 12.1 Å². The van der Waals surface area contributed by atoms with Crippen LogP contribution in [-0.4, -0.2) is 12.5 Å². The van der Waals surface area contributed by atoms with E-state index in [0.717, 1.165) is 18.6 Å². The van der Waals surface area contributed by atoms with Crippen LogP contribution in [0, 0.1) is 0 Å². The number of benzene rings is 2. The van der Waals surface area contributed by atoms with Crippen molar-refractivity contribution >= 4 is 17.3 Å². The highest BCUT2D eigenvalue weighted by molar-refractivity contribution is 6.05. The summed E-state index contributed by atoms with van der Waals surface area (Å²) in [5.41, 5.74) is 7.54. The molecule has 0 aliphatic carbocycles. The van der Waals surface area contributed by atoms with Crippen molar-refractivity contribution in [3.05, 3.63) is 54.1 Å². The van der Waals surface area contributed by atoms with E-state index < -0.39 is 0 Å². The Bertz CT molecular complexity index is 594. The van der Waals surface area contributed by atoms with E-state index in [9.17, 15) is 4.79 Å². The summed E-state index contributed by atoms with van der Waals surface area (Å²) in [6.45, 7) is 2.81. The number of hydrogen-bond acceptors (Lipinski definition) is 3. The lowest BCUT2D eigenvalue weighted by Crippen LogP contribution is -2.13. The van der Waals surface area contributed by atoms with Gasteiger partial charge in [-0.1, -0.05) is 25.5 Å². The molecule has 4 heteroatoms. The van der Waals surface area contributed by atoms with Crippen LogP contribution >= 0.6 is 0 Å². The quantitative estimate of drug-likeness (QED) is 0.628. The monoisotopic (exact) mass is 284 g/mol. The Balaban J connectivity index is 1.98. The van der Waals surface area contributed by atoms with Gasteiger partial charge in [-0.3, -0.25) is 4.79 Å². The van der Waals surface area contributed by atoms with Gasteiger partial charge >= 0.3 is 0 Å². The fourth-order valence-corrected chi connectivity index (χ4v) is 1.84. The van der Waals surface area contributed by atoms with Crippen molar-refractivity contribution < 1.29 is 9.53 Å². The Morgan fingerprint density at radius 2 is 1.86 bits per heavy atom. The van der Waals surface area contributed by atoms with Crippen LogP contribution in [0.2, 0.25) is 0 Å². The Morgan fingerprint density at radius 1 is 1.14 bits per heavy atom. The molecule has 21 heavy (non-hydrogen) atoms. The molecule has 0 atom stereocenters. The van der Waals surface area contributed by atoms with Gasteiger partial charge in [0.2, 0.25) is 0 Å². The second-order valence-corrected chi connectivity index (χ2v) is 4.77. The predicted molar refractivity (Wildman–Crippen MR) is 85.7 cm³/mol. The number of carbonyl (C=O) groups is 1. The molecule has 0 saturated heterocycles. The highest BCUT2D eigenvalue weighted by Gasteiger charge is 2.07. The third-order valence-corrected chi connectivity index (χ3v) is 3.09. The average molecular weight is 284 g/mol. The number of ether oxygens (including phenoxy) is 1. The summed E-state index contributed by atoms with van der Waals surface area (Å²) in [5.74, 6) is 0.590. The number of rotatable bonds is 6. The molecule has 3 N–H and O–H groups in total. The Hall–Kier alpha value is -2.49.